The van der Waals surface area contributed by atoms with Crippen molar-refractivity contribution in [1.82, 2.24) is 9.55 Å². The zero-order valence-electron chi connectivity index (χ0n) is 17.9. The number of rotatable bonds is 9. The molecule has 0 fully saturated rings. The predicted molar refractivity (Wildman–Crippen MR) is 127 cm³/mol. The van der Waals surface area contributed by atoms with E-state index in [1.807, 2.05) is 30.3 Å². The van der Waals surface area contributed by atoms with E-state index in [2.05, 4.69) is 6.92 Å². The molecule has 0 aliphatic heterocycles. The molecule has 0 radical (unpaired) electrons. The van der Waals surface area contributed by atoms with Crippen molar-refractivity contribution in [2.75, 3.05) is 12.4 Å². The number of thioether (sulfide) groups is 1. The van der Waals surface area contributed by atoms with Gasteiger partial charge in [-0.2, -0.15) is 0 Å². The van der Waals surface area contributed by atoms with Crippen molar-refractivity contribution in [3.63, 3.8) is 0 Å². The summed E-state index contributed by atoms with van der Waals surface area (Å²) in [6.45, 7) is 3.02. The summed E-state index contributed by atoms with van der Waals surface area (Å²) in [5, 5.41) is 1.37. The smallest absolute Gasteiger partial charge is 0.316 e. The van der Waals surface area contributed by atoms with Crippen LogP contribution in [-0.4, -0.2) is 27.9 Å². The number of aryl methyl sites for hydroxylation is 2. The first-order valence-electron chi connectivity index (χ1n) is 11.0. The molecular formula is C24H28N2O3S2. The minimum absolute atomic E-state index is 0.00654. The monoisotopic (exact) mass is 456 g/mol. The minimum Gasteiger partial charge on any atom is -0.465 e. The zero-order valence-corrected chi connectivity index (χ0v) is 19.5. The van der Waals surface area contributed by atoms with Crippen LogP contribution in [0.3, 0.4) is 0 Å². The summed E-state index contributed by atoms with van der Waals surface area (Å²) < 4.78 is 7.07. The fraction of sp³-hybridized carbons (Fsp3) is 0.458. The summed E-state index contributed by atoms with van der Waals surface area (Å²) in [5.41, 5.74) is 2.24. The molecule has 1 aromatic carbocycles. The average molecular weight is 457 g/mol. The number of unbranched alkanes of at least 4 members (excludes halogenated alkanes) is 2. The van der Waals surface area contributed by atoms with Crippen LogP contribution in [0.5, 0.6) is 0 Å². The Labute approximate surface area is 190 Å². The molecule has 2 heterocycles. The quantitative estimate of drug-likeness (QED) is 0.191. The van der Waals surface area contributed by atoms with Crippen molar-refractivity contribution < 1.29 is 9.53 Å². The average Bonchev–Trinajstić information content (AvgIpc) is 3.16. The van der Waals surface area contributed by atoms with Crippen molar-refractivity contribution in [3.8, 4) is 0 Å². The Morgan fingerprint density at radius 2 is 2.00 bits per heavy atom. The van der Waals surface area contributed by atoms with Gasteiger partial charge in [-0.25, -0.2) is 4.98 Å². The van der Waals surface area contributed by atoms with Crippen LogP contribution >= 0.6 is 23.1 Å². The molecule has 1 aliphatic rings. The summed E-state index contributed by atoms with van der Waals surface area (Å²) in [4.78, 5) is 32.7. The molecule has 3 aromatic rings. The lowest BCUT2D eigenvalue weighted by atomic mass is 9.97. The standard InChI is InChI=1S/C24H28N2O3S2/c1-2-3-9-14-29-20(27)16-30-24-25-22-21(18-12-7-8-13-19(18)31-22)23(28)26(24)15-17-10-5-4-6-11-17/h4-6,10-11H,2-3,7-9,12-16H2,1H3. The lowest BCUT2D eigenvalue weighted by molar-refractivity contribution is -0.140. The molecule has 5 nitrogen and oxygen atoms in total. The molecule has 0 N–H and O–H groups in total. The summed E-state index contributed by atoms with van der Waals surface area (Å²) in [7, 11) is 0. The maximum atomic E-state index is 13.6. The Kier molecular flexibility index (Phi) is 7.45. The van der Waals surface area contributed by atoms with Gasteiger partial charge in [0.25, 0.3) is 5.56 Å². The Morgan fingerprint density at radius 1 is 1.19 bits per heavy atom. The van der Waals surface area contributed by atoms with E-state index in [-0.39, 0.29) is 17.3 Å². The zero-order chi connectivity index (χ0) is 21.6. The lowest BCUT2D eigenvalue weighted by Gasteiger charge is -2.13. The van der Waals surface area contributed by atoms with Crippen LogP contribution in [-0.2, 0) is 28.9 Å². The number of carbonyl (C=O) groups excluding carboxylic acids is 1. The molecule has 7 heteroatoms. The largest absolute Gasteiger partial charge is 0.465 e. The number of nitrogens with zero attached hydrogens (tertiary/aromatic N) is 2. The van der Waals surface area contributed by atoms with Crippen molar-refractivity contribution in [2.45, 2.75) is 63.6 Å². The molecule has 0 unspecified atom stereocenters. The molecule has 0 saturated heterocycles. The highest BCUT2D eigenvalue weighted by Crippen LogP contribution is 2.34. The van der Waals surface area contributed by atoms with Crippen LogP contribution < -0.4 is 5.56 Å². The van der Waals surface area contributed by atoms with Gasteiger partial charge in [0.15, 0.2) is 5.16 Å². The van der Waals surface area contributed by atoms with E-state index in [0.29, 0.717) is 18.3 Å². The topological polar surface area (TPSA) is 61.2 Å². The van der Waals surface area contributed by atoms with Crippen LogP contribution in [0.4, 0.5) is 0 Å². The van der Waals surface area contributed by atoms with Crippen molar-refractivity contribution in [3.05, 3.63) is 56.7 Å². The second kappa shape index (κ2) is 10.5. The van der Waals surface area contributed by atoms with Gasteiger partial charge >= 0.3 is 5.97 Å². The maximum Gasteiger partial charge on any atom is 0.316 e. The Hall–Kier alpha value is -2.12. The molecule has 1 aliphatic carbocycles. The normalized spacial score (nSPS) is 13.3. The van der Waals surface area contributed by atoms with Crippen LogP contribution in [0.1, 0.15) is 55.0 Å². The lowest BCUT2D eigenvalue weighted by Crippen LogP contribution is -2.25. The van der Waals surface area contributed by atoms with E-state index in [9.17, 15) is 9.59 Å². The highest BCUT2D eigenvalue weighted by atomic mass is 32.2. The van der Waals surface area contributed by atoms with E-state index >= 15 is 0 Å². The molecule has 0 amide bonds. The second-order valence-electron chi connectivity index (χ2n) is 7.88. The van der Waals surface area contributed by atoms with Crippen LogP contribution in [0.25, 0.3) is 10.2 Å². The molecule has 0 spiro atoms. The summed E-state index contributed by atoms with van der Waals surface area (Å²) in [5.74, 6) is -0.101. The number of fused-ring (bicyclic) bond motifs is 3. The Morgan fingerprint density at radius 3 is 2.81 bits per heavy atom. The molecule has 31 heavy (non-hydrogen) atoms. The third-order valence-electron chi connectivity index (χ3n) is 5.55. The number of aromatic nitrogens is 2. The number of carbonyl (C=O) groups is 1. The Bertz CT molecular complexity index is 1110. The van der Waals surface area contributed by atoms with Crippen molar-refractivity contribution >= 4 is 39.3 Å². The molecule has 0 bridgehead atoms. The van der Waals surface area contributed by atoms with Gasteiger partial charge in [-0.05, 0) is 43.2 Å². The van der Waals surface area contributed by atoms with Crippen LogP contribution in [0, 0.1) is 0 Å². The first-order valence-corrected chi connectivity index (χ1v) is 12.8. The Balaban J connectivity index is 1.63. The summed E-state index contributed by atoms with van der Waals surface area (Å²) in [6, 6.07) is 9.93. The highest BCUT2D eigenvalue weighted by Gasteiger charge is 2.22. The van der Waals surface area contributed by atoms with Gasteiger partial charge in [-0.1, -0.05) is 61.9 Å². The second-order valence-corrected chi connectivity index (χ2v) is 9.90. The molecule has 4 rings (SSSR count). The molecular weight excluding hydrogens is 428 g/mol. The fourth-order valence-electron chi connectivity index (χ4n) is 3.94. The number of hydrogen-bond donors (Lipinski definition) is 0. The van der Waals surface area contributed by atoms with Gasteiger partial charge < -0.3 is 4.74 Å². The number of hydrogen-bond acceptors (Lipinski definition) is 6. The number of ether oxygens (including phenoxy) is 1. The minimum atomic E-state index is -0.257. The van der Waals surface area contributed by atoms with Gasteiger partial charge in [0.05, 0.1) is 24.3 Å². The third kappa shape index (κ3) is 5.21. The van der Waals surface area contributed by atoms with E-state index in [1.54, 1.807) is 15.9 Å². The van der Waals surface area contributed by atoms with E-state index in [4.69, 9.17) is 9.72 Å². The first-order chi connectivity index (χ1) is 15.2. The fourth-order valence-corrected chi connectivity index (χ4v) is 6.04. The number of esters is 1. The molecule has 164 valence electrons. The van der Waals surface area contributed by atoms with Gasteiger partial charge in [-0.3, -0.25) is 14.2 Å². The van der Waals surface area contributed by atoms with Gasteiger partial charge in [0, 0.05) is 4.88 Å². The van der Waals surface area contributed by atoms with Gasteiger partial charge in [0.1, 0.15) is 4.83 Å². The summed E-state index contributed by atoms with van der Waals surface area (Å²) >= 11 is 2.94. The highest BCUT2D eigenvalue weighted by molar-refractivity contribution is 7.99. The molecule has 0 saturated carbocycles. The molecule has 2 aromatic heterocycles. The maximum absolute atomic E-state index is 13.6. The van der Waals surface area contributed by atoms with E-state index in [1.165, 1.54) is 28.6 Å². The third-order valence-corrected chi connectivity index (χ3v) is 7.69. The van der Waals surface area contributed by atoms with E-state index < -0.39 is 0 Å². The number of benzene rings is 1. The summed E-state index contributed by atoms with van der Waals surface area (Å²) in [6.07, 6.45) is 7.30. The predicted octanol–water partition coefficient (Wildman–Crippen LogP) is 5.21. The van der Waals surface area contributed by atoms with Gasteiger partial charge in [0.2, 0.25) is 0 Å². The van der Waals surface area contributed by atoms with Crippen molar-refractivity contribution in [2.24, 2.45) is 0 Å². The van der Waals surface area contributed by atoms with Crippen molar-refractivity contribution in [1.29, 1.82) is 0 Å². The van der Waals surface area contributed by atoms with E-state index in [0.717, 1.165) is 54.3 Å². The van der Waals surface area contributed by atoms with Gasteiger partial charge in [-0.15, -0.1) is 11.3 Å². The molecule has 0 atom stereocenters. The first kappa shape index (κ1) is 22.1. The van der Waals surface area contributed by atoms with Crippen LogP contribution in [0.2, 0.25) is 0 Å². The number of thiophene rings is 1. The SMILES string of the molecule is CCCCCOC(=O)CSc1nc2sc3c(c2c(=O)n1Cc1ccccc1)CCCC3. The van der Waals surface area contributed by atoms with Crippen LogP contribution in [0.15, 0.2) is 40.3 Å².